The number of nitrogens with zero attached hydrogens (tertiary/aromatic N) is 1. The zero-order valence-electron chi connectivity index (χ0n) is 22.3. The number of carbonyl (C=O) groups is 3. The number of nitrogens with one attached hydrogen (secondary N) is 2. The molecule has 0 fully saturated rings. The first kappa shape index (κ1) is 29.5. The predicted molar refractivity (Wildman–Crippen MR) is 137 cm³/mol. The van der Waals surface area contributed by atoms with Gasteiger partial charge in [-0.2, -0.15) is 0 Å². The van der Waals surface area contributed by atoms with Crippen molar-refractivity contribution >= 4 is 17.9 Å². The van der Waals surface area contributed by atoms with Gasteiger partial charge in [-0.3, -0.25) is 9.59 Å². The molecule has 0 aliphatic carbocycles. The van der Waals surface area contributed by atoms with Gasteiger partial charge in [0.2, 0.25) is 11.8 Å². The minimum Gasteiger partial charge on any atom is -0.444 e. The number of hydrogen-bond donors (Lipinski definition) is 2. The Labute approximate surface area is 206 Å². The highest BCUT2D eigenvalue weighted by Crippen LogP contribution is 2.27. The summed E-state index contributed by atoms with van der Waals surface area (Å²) in [6, 6.07) is 5.08. The molecule has 1 unspecified atom stereocenters. The number of carbonyl (C=O) groups excluding carboxylic acids is 3. The van der Waals surface area contributed by atoms with Crippen LogP contribution in [0.25, 0.3) is 0 Å². The number of ether oxygens (including phenoxy) is 1. The highest BCUT2D eigenvalue weighted by molar-refractivity contribution is 5.90. The van der Waals surface area contributed by atoms with Crippen LogP contribution in [0.5, 0.6) is 0 Å². The number of hydrogen-bond acceptors (Lipinski definition) is 4. The van der Waals surface area contributed by atoms with Crippen LogP contribution < -0.4 is 10.6 Å². The summed E-state index contributed by atoms with van der Waals surface area (Å²) in [5.41, 5.74) is 2.21. The van der Waals surface area contributed by atoms with Gasteiger partial charge in [0.1, 0.15) is 18.2 Å². The molecule has 0 saturated carbocycles. The summed E-state index contributed by atoms with van der Waals surface area (Å²) in [6.45, 7) is 14.3. The van der Waals surface area contributed by atoms with Gasteiger partial charge in [0.25, 0.3) is 0 Å². The Morgan fingerprint density at radius 1 is 0.971 bits per heavy atom. The largest absolute Gasteiger partial charge is 0.444 e. The van der Waals surface area contributed by atoms with Gasteiger partial charge in [0, 0.05) is 13.1 Å². The number of amides is 3. The molecular formula is C27H45N3O4. The first-order valence-corrected chi connectivity index (χ1v) is 12.6. The number of benzene rings is 1. The molecule has 1 aromatic carbocycles. The van der Waals surface area contributed by atoms with Gasteiger partial charge in [-0.25, -0.2) is 4.79 Å². The highest BCUT2D eigenvalue weighted by Gasteiger charge is 2.32. The van der Waals surface area contributed by atoms with Gasteiger partial charge in [0.05, 0.1) is 0 Å². The molecule has 7 nitrogen and oxygen atoms in total. The van der Waals surface area contributed by atoms with Gasteiger partial charge >= 0.3 is 6.09 Å². The van der Waals surface area contributed by atoms with E-state index in [1.165, 1.54) is 0 Å². The Balaban J connectivity index is 3.21. The van der Waals surface area contributed by atoms with E-state index in [1.807, 2.05) is 32.0 Å². The first-order valence-electron chi connectivity index (χ1n) is 12.6. The van der Waals surface area contributed by atoms with E-state index in [1.54, 1.807) is 25.7 Å². The number of alkyl carbamates (subject to hydrolysis) is 1. The molecule has 0 aliphatic rings. The monoisotopic (exact) mass is 475 g/mol. The lowest BCUT2D eigenvalue weighted by atomic mass is 9.95. The summed E-state index contributed by atoms with van der Waals surface area (Å²) < 4.78 is 5.27. The van der Waals surface area contributed by atoms with Crippen LogP contribution in [-0.4, -0.2) is 48.0 Å². The summed E-state index contributed by atoms with van der Waals surface area (Å²) in [5, 5.41) is 5.60. The number of unbranched alkanes of at least 4 members (excludes halogenated alkanes) is 4. The van der Waals surface area contributed by atoms with Crippen LogP contribution >= 0.6 is 0 Å². The van der Waals surface area contributed by atoms with E-state index < -0.39 is 17.7 Å². The third kappa shape index (κ3) is 10.1. The third-order valence-corrected chi connectivity index (χ3v) is 5.69. The lowest BCUT2D eigenvalue weighted by Crippen LogP contribution is -2.48. The maximum absolute atomic E-state index is 13.5. The van der Waals surface area contributed by atoms with Gasteiger partial charge in [-0.1, -0.05) is 57.7 Å². The zero-order valence-corrected chi connectivity index (χ0v) is 22.3. The van der Waals surface area contributed by atoms with Crippen molar-refractivity contribution in [1.82, 2.24) is 15.5 Å². The SMILES string of the molecule is CCCCCNC(=O)C(c1cccc(C)c1C)N(CCCCC)C(=O)CNC(=O)OC(C)(C)C. The van der Waals surface area contributed by atoms with E-state index in [9.17, 15) is 14.4 Å². The molecule has 0 saturated heterocycles. The molecule has 0 spiro atoms. The standard InChI is InChI=1S/C27H45N3O4/c1-8-10-12-17-28-25(32)24(22-16-14-15-20(3)21(22)4)30(18-13-11-9-2)23(31)19-29-26(33)34-27(5,6)7/h14-16,24H,8-13,17-19H2,1-7H3,(H,28,32)(H,29,33). The van der Waals surface area contributed by atoms with E-state index in [0.717, 1.165) is 55.2 Å². The average molecular weight is 476 g/mol. The summed E-state index contributed by atoms with van der Waals surface area (Å²) in [7, 11) is 0. The second-order valence-corrected chi connectivity index (χ2v) is 9.84. The van der Waals surface area contributed by atoms with Gasteiger partial charge in [-0.05, 0) is 64.2 Å². The number of aryl methyl sites for hydroxylation is 1. The minimum absolute atomic E-state index is 0.188. The molecule has 0 heterocycles. The van der Waals surface area contributed by atoms with Gasteiger partial charge in [0.15, 0.2) is 0 Å². The van der Waals surface area contributed by atoms with E-state index in [0.29, 0.717) is 13.1 Å². The van der Waals surface area contributed by atoms with Crippen LogP contribution in [0.1, 0.15) is 95.9 Å². The fourth-order valence-corrected chi connectivity index (χ4v) is 3.70. The van der Waals surface area contributed by atoms with Crippen molar-refractivity contribution < 1.29 is 19.1 Å². The Bertz CT molecular complexity index is 802. The average Bonchev–Trinajstić information content (AvgIpc) is 2.76. The van der Waals surface area contributed by atoms with Crippen molar-refractivity contribution in [2.24, 2.45) is 0 Å². The van der Waals surface area contributed by atoms with Crippen molar-refractivity contribution in [3.05, 3.63) is 34.9 Å². The maximum atomic E-state index is 13.5. The van der Waals surface area contributed by atoms with E-state index >= 15 is 0 Å². The molecule has 1 aromatic rings. The van der Waals surface area contributed by atoms with Crippen LogP contribution in [0.4, 0.5) is 4.79 Å². The van der Waals surface area contributed by atoms with Crippen molar-refractivity contribution in [3.63, 3.8) is 0 Å². The predicted octanol–water partition coefficient (Wildman–Crippen LogP) is 5.19. The molecule has 0 aliphatic heterocycles. The van der Waals surface area contributed by atoms with E-state index in [4.69, 9.17) is 4.74 Å². The molecule has 34 heavy (non-hydrogen) atoms. The van der Waals surface area contributed by atoms with Crippen molar-refractivity contribution in [2.75, 3.05) is 19.6 Å². The topological polar surface area (TPSA) is 87.7 Å². The van der Waals surface area contributed by atoms with Gasteiger partial charge in [-0.15, -0.1) is 0 Å². The Morgan fingerprint density at radius 3 is 2.24 bits per heavy atom. The van der Waals surface area contributed by atoms with E-state index in [2.05, 4.69) is 24.5 Å². The molecule has 0 bridgehead atoms. The molecule has 7 heteroatoms. The fourth-order valence-electron chi connectivity index (χ4n) is 3.70. The molecule has 0 radical (unpaired) electrons. The molecule has 1 atom stereocenters. The Morgan fingerprint density at radius 2 is 1.62 bits per heavy atom. The second kappa shape index (κ2) is 14.6. The van der Waals surface area contributed by atoms with Crippen molar-refractivity contribution in [3.8, 4) is 0 Å². The molecule has 0 aromatic heterocycles. The van der Waals surface area contributed by atoms with Gasteiger partial charge < -0.3 is 20.3 Å². The van der Waals surface area contributed by atoms with Crippen LogP contribution in [0.15, 0.2) is 18.2 Å². The quantitative estimate of drug-likeness (QED) is 0.384. The minimum atomic E-state index is -0.758. The maximum Gasteiger partial charge on any atom is 0.408 e. The number of rotatable bonds is 13. The first-order chi connectivity index (χ1) is 16.0. The summed E-state index contributed by atoms with van der Waals surface area (Å²) in [4.78, 5) is 40.6. The summed E-state index contributed by atoms with van der Waals surface area (Å²) >= 11 is 0. The van der Waals surface area contributed by atoms with Crippen LogP contribution in [0, 0.1) is 13.8 Å². The smallest absolute Gasteiger partial charge is 0.408 e. The molecule has 192 valence electrons. The Kier molecular flexibility index (Phi) is 12.7. The molecule has 3 amide bonds. The molecule has 2 N–H and O–H groups in total. The fraction of sp³-hybridized carbons (Fsp3) is 0.667. The summed E-state index contributed by atoms with van der Waals surface area (Å²) in [6.07, 6.45) is 5.06. The summed E-state index contributed by atoms with van der Waals surface area (Å²) in [5.74, 6) is -0.497. The Hall–Kier alpha value is -2.57. The van der Waals surface area contributed by atoms with Crippen molar-refractivity contribution in [1.29, 1.82) is 0 Å². The third-order valence-electron chi connectivity index (χ3n) is 5.69. The van der Waals surface area contributed by atoms with Crippen LogP contribution in [0.3, 0.4) is 0 Å². The zero-order chi connectivity index (χ0) is 25.7. The second-order valence-electron chi connectivity index (χ2n) is 9.84. The normalized spacial score (nSPS) is 12.1. The molecule has 1 rings (SSSR count). The molecular weight excluding hydrogens is 430 g/mol. The van der Waals surface area contributed by atoms with Crippen LogP contribution in [0.2, 0.25) is 0 Å². The van der Waals surface area contributed by atoms with Crippen molar-refractivity contribution in [2.45, 2.75) is 98.6 Å². The lowest BCUT2D eigenvalue weighted by molar-refractivity contribution is -0.140. The highest BCUT2D eigenvalue weighted by atomic mass is 16.6. The van der Waals surface area contributed by atoms with Crippen LogP contribution in [-0.2, 0) is 14.3 Å². The lowest BCUT2D eigenvalue weighted by Gasteiger charge is -2.33. The van der Waals surface area contributed by atoms with E-state index in [-0.39, 0.29) is 18.4 Å².